The molecule has 0 saturated carbocycles. The Morgan fingerprint density at radius 1 is 0.730 bits per heavy atom. The molecule has 3 aromatic rings. The number of nitrogens with one attached hydrogen (secondary N) is 2. The average Bonchev–Trinajstić information content (AvgIpc) is 3.40. The van der Waals surface area contributed by atoms with Crippen LogP contribution in [0.15, 0.2) is 42.5 Å². The third kappa shape index (κ3) is 5.12. The van der Waals surface area contributed by atoms with Crippen LogP contribution in [0.25, 0.3) is 27.1 Å². The van der Waals surface area contributed by atoms with Crippen LogP contribution in [0.2, 0.25) is 0 Å². The van der Waals surface area contributed by atoms with Crippen LogP contribution in [0, 0.1) is 13.8 Å². The number of anilines is 2. The summed E-state index contributed by atoms with van der Waals surface area (Å²) < 4.78 is 0. The number of thiophene rings is 1. The largest absolute Gasteiger partial charge is 0.378 e. The zero-order valence-corrected chi connectivity index (χ0v) is 24.3. The number of aryl methyl sites for hydroxylation is 2. The van der Waals surface area contributed by atoms with Gasteiger partial charge in [0.1, 0.15) is 0 Å². The molecule has 0 bridgehead atoms. The molecule has 0 saturated heterocycles. The van der Waals surface area contributed by atoms with Gasteiger partial charge < -0.3 is 10.6 Å². The molecule has 196 valence electrons. The minimum absolute atomic E-state index is 0.472. The van der Waals surface area contributed by atoms with E-state index in [0.717, 1.165) is 19.3 Å². The van der Waals surface area contributed by atoms with E-state index in [-0.39, 0.29) is 0 Å². The number of benzene rings is 2. The molecule has 2 aliphatic rings. The van der Waals surface area contributed by atoms with Crippen molar-refractivity contribution in [2.45, 2.75) is 104 Å². The van der Waals surface area contributed by atoms with E-state index in [0.29, 0.717) is 12.1 Å². The number of allylic oxidation sites excluding steroid dienone is 1. The molecular formula is C34H44N2S. The fourth-order valence-corrected chi connectivity index (χ4v) is 7.28. The van der Waals surface area contributed by atoms with Crippen molar-refractivity contribution in [3.05, 3.63) is 64.0 Å². The van der Waals surface area contributed by atoms with Gasteiger partial charge in [0.25, 0.3) is 0 Å². The Hall–Kier alpha value is -2.52. The first-order chi connectivity index (χ1) is 18.0. The summed E-state index contributed by atoms with van der Waals surface area (Å²) in [6.45, 7) is 11.3. The number of unbranched alkanes of at least 4 members (excludes halogenated alkanes) is 6. The summed E-state index contributed by atoms with van der Waals surface area (Å²) >= 11 is 1.93. The van der Waals surface area contributed by atoms with Crippen molar-refractivity contribution in [1.29, 1.82) is 0 Å². The van der Waals surface area contributed by atoms with Crippen LogP contribution in [-0.2, 0) is 0 Å². The molecule has 0 radical (unpaired) electrons. The molecule has 2 atom stereocenters. The molecule has 2 nitrogen and oxygen atoms in total. The summed E-state index contributed by atoms with van der Waals surface area (Å²) in [6.07, 6.45) is 14.0. The lowest BCUT2D eigenvalue weighted by Crippen LogP contribution is -2.42. The van der Waals surface area contributed by atoms with Crippen molar-refractivity contribution in [3.8, 4) is 21.6 Å². The van der Waals surface area contributed by atoms with Crippen LogP contribution in [0.4, 0.5) is 11.4 Å². The van der Waals surface area contributed by atoms with Crippen LogP contribution in [0.3, 0.4) is 0 Å². The standard InChI is InChI=1S/C34H44N2S/c1-6-9-10-11-12-13-14-15-25-28-20-22(4)16-18-26(28)27-19-17-24(21-29(25)27)34-33-32(23(5)37-34)35-30(7-2)31(8-3)36-33/h15-21,30-31,35-36H,6-14H2,1-5H3/b25-15-. The van der Waals surface area contributed by atoms with Crippen molar-refractivity contribution in [3.63, 3.8) is 0 Å². The molecule has 0 spiro atoms. The summed E-state index contributed by atoms with van der Waals surface area (Å²) in [5, 5.41) is 7.81. The SMILES string of the molecule is CCCCCCCC/C=C1/c2cc(C)ccc2-c2ccc(-c3sc(C)c4c3NC(CC)C(CC)N4)cc21. The minimum Gasteiger partial charge on any atom is -0.378 e. The number of fused-ring (bicyclic) bond motifs is 4. The quantitative estimate of drug-likeness (QED) is 0.206. The van der Waals surface area contributed by atoms with Crippen LogP contribution in [-0.4, -0.2) is 12.1 Å². The summed E-state index contributed by atoms with van der Waals surface area (Å²) in [6, 6.07) is 15.1. The molecule has 1 aliphatic heterocycles. The van der Waals surface area contributed by atoms with E-state index in [1.54, 1.807) is 0 Å². The molecule has 2 unspecified atom stereocenters. The first kappa shape index (κ1) is 26.1. The fourth-order valence-electron chi connectivity index (χ4n) is 6.20. The average molecular weight is 513 g/mol. The maximum absolute atomic E-state index is 3.94. The van der Waals surface area contributed by atoms with E-state index in [2.05, 4.69) is 87.7 Å². The summed E-state index contributed by atoms with van der Waals surface area (Å²) in [7, 11) is 0. The van der Waals surface area contributed by atoms with E-state index < -0.39 is 0 Å². The molecule has 0 fully saturated rings. The van der Waals surface area contributed by atoms with Gasteiger partial charge in [-0.05, 0) is 79.0 Å². The number of rotatable bonds is 10. The van der Waals surface area contributed by atoms with Gasteiger partial charge in [-0.25, -0.2) is 0 Å². The second-order valence-electron chi connectivity index (χ2n) is 11.0. The monoisotopic (exact) mass is 512 g/mol. The highest BCUT2D eigenvalue weighted by Crippen LogP contribution is 2.51. The maximum atomic E-state index is 3.94. The second-order valence-corrected chi connectivity index (χ2v) is 12.3. The molecule has 5 rings (SSSR count). The highest BCUT2D eigenvalue weighted by atomic mass is 32.1. The van der Waals surface area contributed by atoms with Crippen LogP contribution in [0.1, 0.15) is 100 Å². The lowest BCUT2D eigenvalue weighted by Gasteiger charge is -2.34. The third-order valence-corrected chi connectivity index (χ3v) is 9.50. The van der Waals surface area contributed by atoms with E-state index in [4.69, 9.17) is 0 Å². The molecule has 2 aromatic carbocycles. The van der Waals surface area contributed by atoms with Gasteiger partial charge in [-0.3, -0.25) is 0 Å². The van der Waals surface area contributed by atoms with Gasteiger partial charge in [-0.15, -0.1) is 11.3 Å². The molecule has 2 N–H and O–H groups in total. The van der Waals surface area contributed by atoms with Crippen molar-refractivity contribution in [1.82, 2.24) is 0 Å². The molecule has 1 aliphatic carbocycles. The predicted octanol–water partition coefficient (Wildman–Crippen LogP) is 10.6. The molecule has 3 heteroatoms. The first-order valence-corrected chi connectivity index (χ1v) is 15.5. The van der Waals surface area contributed by atoms with Crippen LogP contribution < -0.4 is 10.6 Å². The van der Waals surface area contributed by atoms with E-state index in [1.807, 2.05) is 11.3 Å². The summed E-state index contributed by atoms with van der Waals surface area (Å²) in [5.74, 6) is 0. The smallest absolute Gasteiger partial charge is 0.0771 e. The van der Waals surface area contributed by atoms with Crippen molar-refractivity contribution in [2.75, 3.05) is 10.6 Å². The van der Waals surface area contributed by atoms with Crippen molar-refractivity contribution in [2.24, 2.45) is 0 Å². The molecule has 37 heavy (non-hydrogen) atoms. The lowest BCUT2D eigenvalue weighted by atomic mass is 9.96. The van der Waals surface area contributed by atoms with Gasteiger partial charge in [0, 0.05) is 17.0 Å². The topological polar surface area (TPSA) is 24.1 Å². The summed E-state index contributed by atoms with van der Waals surface area (Å²) in [4.78, 5) is 2.75. The Labute approximate surface area is 228 Å². The van der Waals surface area contributed by atoms with Crippen LogP contribution in [0.5, 0.6) is 0 Å². The van der Waals surface area contributed by atoms with Crippen LogP contribution >= 0.6 is 11.3 Å². The summed E-state index contributed by atoms with van der Waals surface area (Å²) in [5.41, 5.74) is 12.3. The zero-order valence-electron chi connectivity index (χ0n) is 23.5. The Balaban J connectivity index is 1.48. The fraction of sp³-hybridized carbons (Fsp3) is 0.471. The van der Waals surface area contributed by atoms with E-state index >= 15 is 0 Å². The highest BCUT2D eigenvalue weighted by Gasteiger charge is 2.31. The third-order valence-electron chi connectivity index (χ3n) is 8.34. The van der Waals surface area contributed by atoms with Gasteiger partial charge in [0.15, 0.2) is 0 Å². The Morgan fingerprint density at radius 2 is 1.38 bits per heavy atom. The number of hydrogen-bond donors (Lipinski definition) is 2. The Kier molecular flexibility index (Phi) is 8.09. The molecular weight excluding hydrogens is 468 g/mol. The van der Waals surface area contributed by atoms with Gasteiger partial charge in [0.2, 0.25) is 0 Å². The predicted molar refractivity (Wildman–Crippen MR) is 165 cm³/mol. The minimum atomic E-state index is 0.472. The Morgan fingerprint density at radius 3 is 2.11 bits per heavy atom. The van der Waals surface area contributed by atoms with Crippen molar-refractivity contribution < 1.29 is 0 Å². The van der Waals surface area contributed by atoms with Crippen molar-refractivity contribution >= 4 is 28.3 Å². The highest BCUT2D eigenvalue weighted by molar-refractivity contribution is 7.16. The van der Waals surface area contributed by atoms with E-state index in [9.17, 15) is 0 Å². The molecule has 0 amide bonds. The van der Waals surface area contributed by atoms with E-state index in [1.165, 1.54) is 98.6 Å². The van der Waals surface area contributed by atoms with Gasteiger partial charge in [0.05, 0.1) is 16.3 Å². The first-order valence-electron chi connectivity index (χ1n) is 14.7. The Bertz CT molecular complexity index is 1280. The normalized spacial score (nSPS) is 18.8. The molecule has 2 heterocycles. The van der Waals surface area contributed by atoms with Gasteiger partial charge >= 0.3 is 0 Å². The molecule has 1 aromatic heterocycles. The maximum Gasteiger partial charge on any atom is 0.0771 e. The lowest BCUT2D eigenvalue weighted by molar-refractivity contribution is 0.550. The van der Waals surface area contributed by atoms with Gasteiger partial charge in [-0.2, -0.15) is 0 Å². The van der Waals surface area contributed by atoms with Gasteiger partial charge in [-0.1, -0.05) is 94.8 Å². The number of hydrogen-bond acceptors (Lipinski definition) is 3. The second kappa shape index (κ2) is 11.5. The zero-order chi connectivity index (χ0) is 25.9.